The summed E-state index contributed by atoms with van der Waals surface area (Å²) in [6, 6.07) is 5.49. The topological polar surface area (TPSA) is 64.8 Å². The molecule has 21 heavy (non-hydrogen) atoms. The van der Waals surface area contributed by atoms with Crippen LogP contribution in [0.15, 0.2) is 18.2 Å². The first-order chi connectivity index (χ1) is 10.2. The Morgan fingerprint density at radius 3 is 2.90 bits per heavy atom. The summed E-state index contributed by atoms with van der Waals surface area (Å²) in [6.45, 7) is 6.65. The molecule has 1 aromatic rings. The zero-order valence-corrected chi connectivity index (χ0v) is 12.8. The lowest BCUT2D eigenvalue weighted by Gasteiger charge is -2.27. The molecule has 5 nitrogen and oxygen atoms in total. The lowest BCUT2D eigenvalue weighted by molar-refractivity contribution is 0.0527. The van der Waals surface area contributed by atoms with Crippen molar-refractivity contribution >= 4 is 17.3 Å². The number of nitrogen functional groups attached to an aromatic ring is 1. The Balaban J connectivity index is 2.20. The molecule has 0 saturated carbocycles. The van der Waals surface area contributed by atoms with Crippen LogP contribution in [0.2, 0.25) is 0 Å². The van der Waals surface area contributed by atoms with Crippen LogP contribution < -0.4 is 10.6 Å². The normalized spacial score (nSPS) is 17.7. The van der Waals surface area contributed by atoms with Crippen molar-refractivity contribution < 1.29 is 14.3 Å². The highest BCUT2D eigenvalue weighted by Gasteiger charge is 2.21. The van der Waals surface area contributed by atoms with Crippen LogP contribution in [0.5, 0.6) is 0 Å². The molecule has 0 bridgehead atoms. The quantitative estimate of drug-likeness (QED) is 0.644. The van der Waals surface area contributed by atoms with Gasteiger partial charge in [0.05, 0.1) is 29.6 Å². The predicted octanol–water partition coefficient (Wildman–Crippen LogP) is 2.45. The van der Waals surface area contributed by atoms with Gasteiger partial charge >= 0.3 is 5.97 Å². The van der Waals surface area contributed by atoms with Crippen LogP contribution in [-0.2, 0) is 9.47 Å². The molecule has 0 aliphatic carbocycles. The first kappa shape index (κ1) is 15.6. The van der Waals surface area contributed by atoms with Crippen LogP contribution in [0.25, 0.3) is 0 Å². The van der Waals surface area contributed by atoms with Gasteiger partial charge in [0.25, 0.3) is 0 Å². The fraction of sp³-hybridized carbons (Fsp3) is 0.562. The molecule has 0 amide bonds. The smallest absolute Gasteiger partial charge is 0.340 e. The largest absolute Gasteiger partial charge is 0.462 e. The minimum absolute atomic E-state index is 0.246. The number of ether oxygens (including phenoxy) is 2. The summed E-state index contributed by atoms with van der Waals surface area (Å²) in [5, 5.41) is 0. The molecule has 1 aliphatic rings. The standard InChI is InChI=1S/C16H24N2O3/c1-3-18(11-12-7-6-10-21-12)14-9-5-8-13(15(14)17)16(19)20-4-2/h5,8-9,12H,3-4,6-7,10-11,17H2,1-2H3. The zero-order chi connectivity index (χ0) is 15.2. The highest BCUT2D eigenvalue weighted by molar-refractivity contribution is 5.98. The van der Waals surface area contributed by atoms with Gasteiger partial charge in [-0.3, -0.25) is 0 Å². The third kappa shape index (κ3) is 3.67. The van der Waals surface area contributed by atoms with E-state index in [9.17, 15) is 4.79 Å². The Kier molecular flexibility index (Phi) is 5.44. The summed E-state index contributed by atoms with van der Waals surface area (Å²) < 4.78 is 10.7. The number of hydrogen-bond donors (Lipinski definition) is 1. The van der Waals surface area contributed by atoms with Crippen molar-refractivity contribution in [3.8, 4) is 0 Å². The summed E-state index contributed by atoms with van der Waals surface area (Å²) in [4.78, 5) is 14.1. The van der Waals surface area contributed by atoms with E-state index >= 15 is 0 Å². The number of carbonyl (C=O) groups excluding carboxylic acids is 1. The number of rotatable bonds is 6. The molecule has 1 aliphatic heterocycles. The van der Waals surface area contributed by atoms with Crippen molar-refractivity contribution in [1.29, 1.82) is 0 Å². The van der Waals surface area contributed by atoms with Gasteiger partial charge in [-0.2, -0.15) is 0 Å². The lowest BCUT2D eigenvalue weighted by atomic mass is 10.1. The summed E-state index contributed by atoms with van der Waals surface area (Å²) in [5.41, 5.74) is 7.97. The maximum Gasteiger partial charge on any atom is 0.340 e. The lowest BCUT2D eigenvalue weighted by Crippen LogP contribution is -2.32. The number of benzene rings is 1. The molecule has 1 saturated heterocycles. The molecule has 1 aromatic carbocycles. The highest BCUT2D eigenvalue weighted by atomic mass is 16.5. The number of anilines is 2. The van der Waals surface area contributed by atoms with E-state index in [1.54, 1.807) is 13.0 Å². The van der Waals surface area contributed by atoms with E-state index in [4.69, 9.17) is 15.2 Å². The second kappa shape index (κ2) is 7.31. The maximum absolute atomic E-state index is 11.9. The van der Waals surface area contributed by atoms with Crippen LogP contribution >= 0.6 is 0 Å². The summed E-state index contributed by atoms with van der Waals surface area (Å²) in [7, 11) is 0. The van der Waals surface area contributed by atoms with E-state index in [1.807, 2.05) is 12.1 Å². The Labute approximate surface area is 126 Å². The SMILES string of the molecule is CCOC(=O)c1cccc(N(CC)CC2CCCO2)c1N. The van der Waals surface area contributed by atoms with Crippen molar-refractivity contribution in [3.05, 3.63) is 23.8 Å². The number of carbonyl (C=O) groups is 1. The van der Waals surface area contributed by atoms with Crippen molar-refractivity contribution in [2.45, 2.75) is 32.8 Å². The van der Waals surface area contributed by atoms with Crippen LogP contribution in [-0.4, -0.2) is 38.4 Å². The third-order valence-electron chi connectivity index (χ3n) is 3.75. The Morgan fingerprint density at radius 1 is 1.48 bits per heavy atom. The molecule has 0 spiro atoms. The maximum atomic E-state index is 11.9. The predicted molar refractivity (Wildman–Crippen MR) is 83.7 cm³/mol. The van der Waals surface area contributed by atoms with E-state index in [1.165, 1.54) is 0 Å². The monoisotopic (exact) mass is 292 g/mol. The second-order valence-corrected chi connectivity index (χ2v) is 5.13. The molecule has 2 N–H and O–H groups in total. The summed E-state index contributed by atoms with van der Waals surface area (Å²) in [6.07, 6.45) is 2.43. The van der Waals surface area contributed by atoms with Gasteiger partial charge in [-0.25, -0.2) is 4.79 Å². The van der Waals surface area contributed by atoms with Gasteiger partial charge in [0.1, 0.15) is 0 Å². The Morgan fingerprint density at radius 2 is 2.29 bits per heavy atom. The van der Waals surface area contributed by atoms with Crippen molar-refractivity contribution in [2.24, 2.45) is 0 Å². The highest BCUT2D eigenvalue weighted by Crippen LogP contribution is 2.28. The first-order valence-corrected chi connectivity index (χ1v) is 7.59. The molecule has 1 fully saturated rings. The number of hydrogen-bond acceptors (Lipinski definition) is 5. The number of likely N-dealkylation sites (N-methyl/N-ethyl adjacent to an activating group) is 1. The van der Waals surface area contributed by atoms with Crippen LogP contribution in [0, 0.1) is 0 Å². The average Bonchev–Trinajstić information content (AvgIpc) is 2.98. The van der Waals surface area contributed by atoms with E-state index in [-0.39, 0.29) is 12.1 Å². The van der Waals surface area contributed by atoms with Crippen LogP contribution in [0.1, 0.15) is 37.0 Å². The van der Waals surface area contributed by atoms with Gasteiger partial charge in [-0.15, -0.1) is 0 Å². The van der Waals surface area contributed by atoms with Crippen molar-refractivity contribution in [2.75, 3.05) is 36.9 Å². The molecule has 5 heteroatoms. The number of nitrogens with two attached hydrogens (primary N) is 1. The van der Waals surface area contributed by atoms with E-state index in [2.05, 4.69) is 11.8 Å². The fourth-order valence-electron chi connectivity index (χ4n) is 2.65. The molecule has 116 valence electrons. The van der Waals surface area contributed by atoms with E-state index in [0.717, 1.165) is 38.2 Å². The summed E-state index contributed by atoms with van der Waals surface area (Å²) in [5.74, 6) is -0.370. The van der Waals surface area contributed by atoms with Crippen LogP contribution in [0.4, 0.5) is 11.4 Å². The van der Waals surface area contributed by atoms with Gasteiger partial charge in [0, 0.05) is 19.7 Å². The summed E-state index contributed by atoms with van der Waals surface area (Å²) >= 11 is 0. The number of para-hydroxylation sites is 1. The van der Waals surface area contributed by atoms with Crippen molar-refractivity contribution in [1.82, 2.24) is 0 Å². The Bertz CT molecular complexity index is 484. The number of esters is 1. The minimum Gasteiger partial charge on any atom is -0.462 e. The van der Waals surface area contributed by atoms with Crippen LogP contribution in [0.3, 0.4) is 0 Å². The molecule has 1 atom stereocenters. The molecule has 2 rings (SSSR count). The third-order valence-corrected chi connectivity index (χ3v) is 3.75. The fourth-order valence-corrected chi connectivity index (χ4v) is 2.65. The minimum atomic E-state index is -0.370. The van der Waals surface area contributed by atoms with Crippen molar-refractivity contribution in [3.63, 3.8) is 0 Å². The molecular weight excluding hydrogens is 268 g/mol. The van der Waals surface area contributed by atoms with Gasteiger partial charge in [0.15, 0.2) is 0 Å². The Hall–Kier alpha value is -1.75. The van der Waals surface area contributed by atoms with Gasteiger partial charge in [0.2, 0.25) is 0 Å². The first-order valence-electron chi connectivity index (χ1n) is 7.59. The molecule has 0 radical (unpaired) electrons. The average molecular weight is 292 g/mol. The van der Waals surface area contributed by atoms with E-state index < -0.39 is 0 Å². The van der Waals surface area contributed by atoms with Gasteiger partial charge < -0.3 is 20.1 Å². The molecule has 1 heterocycles. The van der Waals surface area contributed by atoms with Gasteiger partial charge in [-0.05, 0) is 38.8 Å². The van der Waals surface area contributed by atoms with Gasteiger partial charge in [-0.1, -0.05) is 6.07 Å². The second-order valence-electron chi connectivity index (χ2n) is 5.13. The zero-order valence-electron chi connectivity index (χ0n) is 12.8. The molecule has 0 aromatic heterocycles. The number of nitrogens with zero attached hydrogens (tertiary/aromatic N) is 1. The molecule has 1 unspecified atom stereocenters. The van der Waals surface area contributed by atoms with E-state index in [0.29, 0.717) is 17.9 Å². The molecular formula is C16H24N2O3.